The fourth-order valence-corrected chi connectivity index (χ4v) is 5.09. The van der Waals surface area contributed by atoms with E-state index in [4.69, 9.17) is 14.2 Å². The van der Waals surface area contributed by atoms with Crippen molar-refractivity contribution in [3.05, 3.63) is 45.7 Å². The van der Waals surface area contributed by atoms with Gasteiger partial charge in [0.1, 0.15) is 11.3 Å². The molecule has 2 aliphatic rings. The number of methoxy groups -OCH3 is 3. The van der Waals surface area contributed by atoms with Gasteiger partial charge in [0.05, 0.1) is 18.5 Å². The maximum Gasteiger partial charge on any atom is 0.341 e. The highest BCUT2D eigenvalue weighted by Gasteiger charge is 2.36. The van der Waals surface area contributed by atoms with Gasteiger partial charge in [-0.2, -0.15) is 0 Å². The summed E-state index contributed by atoms with van der Waals surface area (Å²) in [7, 11) is 5.00. The molecule has 3 heterocycles. The Bertz CT molecular complexity index is 1110. The normalized spacial score (nSPS) is 19.2. The summed E-state index contributed by atoms with van der Waals surface area (Å²) in [5.41, 5.74) is 3.08. The van der Waals surface area contributed by atoms with Gasteiger partial charge in [0.25, 0.3) is 0 Å². The summed E-state index contributed by atoms with van der Waals surface area (Å²) in [4.78, 5) is 26.4. The first-order valence-electron chi connectivity index (χ1n) is 11.3. The molecule has 1 atom stereocenters. The highest BCUT2D eigenvalue weighted by molar-refractivity contribution is 5.88. The maximum atomic E-state index is 12.5. The fraction of sp³-hybridized carbons (Fsp3) is 0.520. The lowest BCUT2D eigenvalue weighted by atomic mass is 9.86. The lowest BCUT2D eigenvalue weighted by molar-refractivity contribution is -0.216. The Balaban J connectivity index is 1.80. The van der Waals surface area contributed by atoms with Crippen molar-refractivity contribution in [1.29, 1.82) is 0 Å². The third-order valence-corrected chi connectivity index (χ3v) is 7.16. The number of benzene rings is 1. The quantitative estimate of drug-likeness (QED) is 0.665. The van der Waals surface area contributed by atoms with Crippen LogP contribution in [0.4, 0.5) is 5.69 Å². The summed E-state index contributed by atoms with van der Waals surface area (Å²) in [6, 6.07) is 5.63. The van der Waals surface area contributed by atoms with Crippen LogP contribution in [0.15, 0.2) is 29.2 Å². The van der Waals surface area contributed by atoms with Crippen LogP contribution in [-0.2, 0) is 15.9 Å². The minimum absolute atomic E-state index is 0.0448. The van der Waals surface area contributed by atoms with E-state index in [1.54, 1.807) is 21.3 Å². The Labute approximate surface area is 193 Å². The second-order valence-corrected chi connectivity index (χ2v) is 9.15. The smallest absolute Gasteiger partial charge is 0.341 e. The molecule has 1 aromatic carbocycles. The molecule has 1 fully saturated rings. The third-order valence-electron chi connectivity index (χ3n) is 7.16. The number of carbonyl (C=O) groups is 1. The summed E-state index contributed by atoms with van der Waals surface area (Å²) >= 11 is 0. The van der Waals surface area contributed by atoms with Crippen LogP contribution in [0.25, 0.3) is 11.3 Å². The van der Waals surface area contributed by atoms with Crippen LogP contribution in [0.5, 0.6) is 5.75 Å². The van der Waals surface area contributed by atoms with E-state index in [1.807, 2.05) is 10.6 Å². The molecule has 2 aliphatic heterocycles. The van der Waals surface area contributed by atoms with Crippen molar-refractivity contribution in [2.45, 2.75) is 44.9 Å². The number of anilines is 1. The van der Waals surface area contributed by atoms with Crippen LogP contribution >= 0.6 is 0 Å². The molecule has 2 aromatic rings. The second-order valence-electron chi connectivity index (χ2n) is 9.15. The Kier molecular flexibility index (Phi) is 6.24. The average molecular weight is 457 g/mol. The number of carboxylic acid groups (broad SMARTS) is 1. The zero-order valence-electron chi connectivity index (χ0n) is 19.9. The van der Waals surface area contributed by atoms with Crippen LogP contribution < -0.4 is 15.1 Å². The lowest BCUT2D eigenvalue weighted by Gasteiger charge is -2.41. The maximum absolute atomic E-state index is 12.5. The summed E-state index contributed by atoms with van der Waals surface area (Å²) in [5, 5.41) is 9.47. The molecule has 178 valence electrons. The number of ether oxygens (including phenoxy) is 3. The average Bonchev–Trinajstić information content (AvgIpc) is 2.82. The number of aromatic carboxylic acids is 1. The van der Waals surface area contributed by atoms with E-state index in [-0.39, 0.29) is 17.5 Å². The first-order chi connectivity index (χ1) is 15.7. The molecule has 1 saturated heterocycles. The summed E-state index contributed by atoms with van der Waals surface area (Å²) in [5.74, 6) is -0.779. The van der Waals surface area contributed by atoms with Crippen molar-refractivity contribution < 1.29 is 24.1 Å². The summed E-state index contributed by atoms with van der Waals surface area (Å²) < 4.78 is 19.0. The van der Waals surface area contributed by atoms with Crippen molar-refractivity contribution in [3.63, 3.8) is 0 Å². The van der Waals surface area contributed by atoms with Gasteiger partial charge in [0, 0.05) is 64.0 Å². The molecule has 0 aliphatic carbocycles. The topological polar surface area (TPSA) is 90.2 Å². The summed E-state index contributed by atoms with van der Waals surface area (Å²) in [6.45, 7) is 5.76. The van der Waals surface area contributed by atoms with E-state index in [9.17, 15) is 14.7 Å². The minimum Gasteiger partial charge on any atom is -0.495 e. The number of pyridine rings is 1. The molecular formula is C25H32N2O6. The molecule has 0 saturated carbocycles. The van der Waals surface area contributed by atoms with Crippen molar-refractivity contribution >= 4 is 11.7 Å². The van der Waals surface area contributed by atoms with Gasteiger partial charge in [-0.3, -0.25) is 4.79 Å². The molecule has 8 nitrogen and oxygen atoms in total. The molecule has 4 rings (SSSR count). The van der Waals surface area contributed by atoms with E-state index in [1.165, 1.54) is 12.3 Å². The van der Waals surface area contributed by atoms with Crippen molar-refractivity contribution in [2.75, 3.05) is 39.3 Å². The van der Waals surface area contributed by atoms with Crippen molar-refractivity contribution in [1.82, 2.24) is 4.57 Å². The van der Waals surface area contributed by atoms with Gasteiger partial charge in [0.2, 0.25) is 0 Å². The van der Waals surface area contributed by atoms with Crippen molar-refractivity contribution in [2.24, 2.45) is 5.92 Å². The highest BCUT2D eigenvalue weighted by Crippen LogP contribution is 2.44. The Morgan fingerprint density at radius 2 is 1.79 bits per heavy atom. The van der Waals surface area contributed by atoms with E-state index in [2.05, 4.69) is 24.8 Å². The Morgan fingerprint density at radius 3 is 2.33 bits per heavy atom. The summed E-state index contributed by atoms with van der Waals surface area (Å²) in [6.07, 6.45) is 3.72. The molecule has 0 radical (unpaired) electrons. The first kappa shape index (κ1) is 23.3. The molecule has 0 bridgehead atoms. The first-order valence-corrected chi connectivity index (χ1v) is 11.3. The molecule has 8 heteroatoms. The highest BCUT2D eigenvalue weighted by atomic mass is 16.7. The molecule has 1 N–H and O–H groups in total. The van der Waals surface area contributed by atoms with Crippen LogP contribution in [0, 0.1) is 5.92 Å². The van der Waals surface area contributed by atoms with E-state index in [0.29, 0.717) is 0 Å². The molecule has 0 spiro atoms. The second kappa shape index (κ2) is 8.83. The molecule has 1 unspecified atom stereocenters. The van der Waals surface area contributed by atoms with Gasteiger partial charge >= 0.3 is 5.97 Å². The largest absolute Gasteiger partial charge is 0.495 e. The monoisotopic (exact) mass is 456 g/mol. The van der Waals surface area contributed by atoms with E-state index in [0.717, 1.165) is 60.6 Å². The van der Waals surface area contributed by atoms with Gasteiger partial charge in [-0.05, 0) is 30.0 Å². The van der Waals surface area contributed by atoms with E-state index < -0.39 is 17.2 Å². The standard InChI is InChI=1S/C25H32N2O6/c1-15(2)19-10-16-11-21(26-8-6-25(32-4,33-5)7-9-26)23(31-3)12-17(16)20-13-22(28)18(24(29)30)14-27(19)20/h11-15,19H,6-10H2,1-5H3,(H,29,30). The van der Waals surface area contributed by atoms with Crippen LogP contribution in [0.1, 0.15) is 48.7 Å². The molecule has 33 heavy (non-hydrogen) atoms. The lowest BCUT2D eigenvalue weighted by Crippen LogP contribution is -2.47. The van der Waals surface area contributed by atoms with Gasteiger partial charge in [-0.25, -0.2) is 4.79 Å². The fourth-order valence-electron chi connectivity index (χ4n) is 5.09. The minimum atomic E-state index is -1.20. The molecular weight excluding hydrogens is 424 g/mol. The van der Waals surface area contributed by atoms with Crippen LogP contribution in [0.3, 0.4) is 0 Å². The van der Waals surface area contributed by atoms with Crippen molar-refractivity contribution in [3.8, 4) is 17.0 Å². The number of piperidine rings is 1. The zero-order valence-corrected chi connectivity index (χ0v) is 19.9. The predicted molar refractivity (Wildman–Crippen MR) is 125 cm³/mol. The number of hydrogen-bond donors (Lipinski definition) is 1. The van der Waals surface area contributed by atoms with E-state index >= 15 is 0 Å². The SMILES string of the molecule is COc1cc2c(cc1N1CCC(OC)(OC)CC1)CC(C(C)C)n1cc(C(=O)O)c(=O)cc1-2. The number of rotatable bonds is 6. The van der Waals surface area contributed by atoms with Crippen LogP contribution in [0.2, 0.25) is 0 Å². The number of aromatic nitrogens is 1. The van der Waals surface area contributed by atoms with Gasteiger partial charge in [-0.15, -0.1) is 0 Å². The predicted octanol–water partition coefficient (Wildman–Crippen LogP) is 3.56. The number of carboxylic acids is 1. The molecule has 0 amide bonds. The number of hydrogen-bond acceptors (Lipinski definition) is 6. The third kappa shape index (κ3) is 4.02. The van der Waals surface area contributed by atoms with Gasteiger partial charge < -0.3 is 28.8 Å². The molecule has 1 aromatic heterocycles. The zero-order chi connectivity index (χ0) is 23.9. The van der Waals surface area contributed by atoms with Crippen LogP contribution in [-0.4, -0.2) is 55.8 Å². The Morgan fingerprint density at radius 1 is 1.12 bits per heavy atom. The Hall–Kier alpha value is -2.84. The van der Waals surface area contributed by atoms with Gasteiger partial charge in [0.15, 0.2) is 11.2 Å². The van der Waals surface area contributed by atoms with Gasteiger partial charge in [-0.1, -0.05) is 13.8 Å². The number of fused-ring (bicyclic) bond motifs is 3. The number of nitrogens with zero attached hydrogens (tertiary/aromatic N) is 2.